The lowest BCUT2D eigenvalue weighted by Crippen LogP contribution is -2.46. The molecular formula is C17H14FNO2. The lowest BCUT2D eigenvalue weighted by molar-refractivity contribution is -0.184. The Balaban J connectivity index is 1.76. The van der Waals surface area contributed by atoms with E-state index < -0.39 is 5.60 Å². The molecule has 106 valence electrons. The summed E-state index contributed by atoms with van der Waals surface area (Å²) in [6.07, 6.45) is 1.79. The monoisotopic (exact) mass is 283 g/mol. The third-order valence-corrected chi connectivity index (χ3v) is 4.06. The summed E-state index contributed by atoms with van der Waals surface area (Å²) >= 11 is 0. The van der Waals surface area contributed by atoms with Gasteiger partial charge in [-0.25, -0.2) is 4.39 Å². The summed E-state index contributed by atoms with van der Waals surface area (Å²) in [5, 5.41) is 11.2. The summed E-state index contributed by atoms with van der Waals surface area (Å²) in [4.78, 5) is 3.00. The number of rotatable bonds is 2. The molecule has 0 atom stereocenters. The van der Waals surface area contributed by atoms with Crippen molar-refractivity contribution in [3.63, 3.8) is 0 Å². The normalized spacial score (nSPS) is 16.9. The molecule has 0 amide bonds. The molecular weight excluding hydrogens is 269 g/mol. The van der Waals surface area contributed by atoms with Crippen LogP contribution in [0.25, 0.3) is 22.0 Å². The van der Waals surface area contributed by atoms with Crippen molar-refractivity contribution in [2.24, 2.45) is 0 Å². The summed E-state index contributed by atoms with van der Waals surface area (Å²) in [7, 11) is 0. The number of H-pyrrole nitrogens is 1. The minimum atomic E-state index is -0.887. The first-order valence-corrected chi connectivity index (χ1v) is 6.83. The van der Waals surface area contributed by atoms with E-state index in [2.05, 4.69) is 4.98 Å². The zero-order chi connectivity index (χ0) is 14.4. The number of hydrogen-bond donors (Lipinski definition) is 2. The van der Waals surface area contributed by atoms with E-state index in [1.807, 2.05) is 36.4 Å². The van der Waals surface area contributed by atoms with Gasteiger partial charge in [0.2, 0.25) is 0 Å². The first-order chi connectivity index (χ1) is 10.2. The van der Waals surface area contributed by atoms with Crippen LogP contribution < -0.4 is 0 Å². The van der Waals surface area contributed by atoms with Crippen LogP contribution in [0.1, 0.15) is 5.56 Å². The number of aromatic nitrogens is 1. The number of fused-ring (bicyclic) bond motifs is 1. The van der Waals surface area contributed by atoms with Crippen LogP contribution in [-0.4, -0.2) is 23.3 Å². The van der Waals surface area contributed by atoms with Gasteiger partial charge in [0.25, 0.3) is 0 Å². The van der Waals surface area contributed by atoms with E-state index in [-0.39, 0.29) is 5.82 Å². The highest BCUT2D eigenvalue weighted by Gasteiger charge is 2.37. The Bertz CT molecular complexity index is 803. The molecule has 4 heteroatoms. The first kappa shape index (κ1) is 12.6. The van der Waals surface area contributed by atoms with E-state index in [1.54, 1.807) is 6.20 Å². The predicted molar refractivity (Wildman–Crippen MR) is 78.4 cm³/mol. The van der Waals surface area contributed by atoms with Gasteiger partial charge in [0.1, 0.15) is 11.4 Å². The highest BCUT2D eigenvalue weighted by Crippen LogP contribution is 2.32. The van der Waals surface area contributed by atoms with Crippen molar-refractivity contribution in [3.05, 3.63) is 60.0 Å². The average molecular weight is 283 g/mol. The minimum absolute atomic E-state index is 0.261. The Kier molecular flexibility index (Phi) is 2.64. The van der Waals surface area contributed by atoms with Gasteiger partial charge in [-0.3, -0.25) is 0 Å². The Labute approximate surface area is 121 Å². The lowest BCUT2D eigenvalue weighted by Gasteiger charge is -2.36. The SMILES string of the molecule is OC1(c2ccc(-c3cc4cc[nH]c4cc3F)cc2)COC1. The Hall–Kier alpha value is -2.17. The van der Waals surface area contributed by atoms with Gasteiger partial charge in [0, 0.05) is 22.7 Å². The largest absolute Gasteiger partial charge is 0.380 e. The van der Waals surface area contributed by atoms with Crippen molar-refractivity contribution in [3.8, 4) is 11.1 Å². The van der Waals surface area contributed by atoms with E-state index in [1.165, 1.54) is 6.07 Å². The van der Waals surface area contributed by atoms with E-state index in [0.717, 1.165) is 22.0 Å². The second kappa shape index (κ2) is 4.41. The summed E-state index contributed by atoms with van der Waals surface area (Å²) in [5.74, 6) is -0.261. The van der Waals surface area contributed by atoms with Crippen molar-refractivity contribution in [1.29, 1.82) is 0 Å². The smallest absolute Gasteiger partial charge is 0.136 e. The third kappa shape index (κ3) is 1.95. The summed E-state index contributed by atoms with van der Waals surface area (Å²) in [6.45, 7) is 0.631. The molecule has 0 spiro atoms. The molecule has 0 bridgehead atoms. The van der Waals surface area contributed by atoms with Crippen LogP contribution >= 0.6 is 0 Å². The Morgan fingerprint density at radius 2 is 1.86 bits per heavy atom. The summed E-state index contributed by atoms with van der Waals surface area (Å²) in [5.41, 5.74) is 2.06. The Morgan fingerprint density at radius 3 is 2.52 bits per heavy atom. The first-order valence-electron chi connectivity index (χ1n) is 6.83. The fourth-order valence-electron chi connectivity index (χ4n) is 2.72. The summed E-state index contributed by atoms with van der Waals surface area (Å²) in [6, 6.07) is 12.6. The number of nitrogens with one attached hydrogen (secondary N) is 1. The van der Waals surface area contributed by atoms with Crippen molar-refractivity contribution in [1.82, 2.24) is 4.98 Å². The molecule has 3 aromatic rings. The number of hydrogen-bond acceptors (Lipinski definition) is 2. The quantitative estimate of drug-likeness (QED) is 0.758. The van der Waals surface area contributed by atoms with Crippen molar-refractivity contribution < 1.29 is 14.2 Å². The van der Waals surface area contributed by atoms with Crippen LogP contribution in [0.4, 0.5) is 4.39 Å². The van der Waals surface area contributed by atoms with Gasteiger partial charge in [-0.15, -0.1) is 0 Å². The van der Waals surface area contributed by atoms with Crippen molar-refractivity contribution >= 4 is 10.9 Å². The van der Waals surface area contributed by atoms with Crippen LogP contribution in [0.2, 0.25) is 0 Å². The number of ether oxygens (including phenoxy) is 1. The standard InChI is InChI=1S/C17H14FNO2/c18-15-8-16-12(5-6-19-16)7-14(15)11-1-3-13(4-2-11)17(20)9-21-10-17/h1-8,19-20H,9-10H2. The topological polar surface area (TPSA) is 45.2 Å². The second-order valence-electron chi connectivity index (χ2n) is 5.50. The second-order valence-corrected chi connectivity index (χ2v) is 5.50. The molecule has 21 heavy (non-hydrogen) atoms. The minimum Gasteiger partial charge on any atom is -0.380 e. The number of benzene rings is 2. The molecule has 1 aliphatic heterocycles. The van der Waals surface area contributed by atoms with Gasteiger partial charge < -0.3 is 14.8 Å². The van der Waals surface area contributed by atoms with E-state index in [9.17, 15) is 9.50 Å². The fraction of sp³-hybridized carbons (Fsp3) is 0.176. The molecule has 2 aromatic carbocycles. The summed E-state index contributed by atoms with van der Waals surface area (Å²) < 4.78 is 19.3. The number of aromatic amines is 1. The maximum atomic E-state index is 14.2. The molecule has 1 aliphatic rings. The van der Waals surface area contributed by atoms with Gasteiger partial charge in [0.15, 0.2) is 0 Å². The number of aliphatic hydroxyl groups is 1. The van der Waals surface area contributed by atoms with Crippen molar-refractivity contribution in [2.45, 2.75) is 5.60 Å². The zero-order valence-corrected chi connectivity index (χ0v) is 11.3. The lowest BCUT2D eigenvalue weighted by atomic mass is 9.90. The van der Waals surface area contributed by atoms with Gasteiger partial charge in [0.05, 0.1) is 13.2 Å². The van der Waals surface area contributed by atoms with Crippen LogP contribution in [0, 0.1) is 5.82 Å². The fourth-order valence-corrected chi connectivity index (χ4v) is 2.72. The van der Waals surface area contributed by atoms with E-state index in [0.29, 0.717) is 18.8 Å². The third-order valence-electron chi connectivity index (χ3n) is 4.06. The predicted octanol–water partition coefficient (Wildman–Crippen LogP) is 3.19. The van der Waals surface area contributed by atoms with Gasteiger partial charge in [-0.05, 0) is 29.3 Å². The van der Waals surface area contributed by atoms with Gasteiger partial charge in [-0.2, -0.15) is 0 Å². The molecule has 1 fully saturated rings. The molecule has 1 saturated heterocycles. The van der Waals surface area contributed by atoms with Gasteiger partial charge >= 0.3 is 0 Å². The Morgan fingerprint density at radius 1 is 1.10 bits per heavy atom. The van der Waals surface area contributed by atoms with E-state index >= 15 is 0 Å². The maximum absolute atomic E-state index is 14.2. The molecule has 1 aromatic heterocycles. The molecule has 3 nitrogen and oxygen atoms in total. The average Bonchev–Trinajstić information content (AvgIpc) is 2.91. The molecule has 0 unspecified atom stereocenters. The molecule has 4 rings (SSSR count). The highest BCUT2D eigenvalue weighted by molar-refractivity contribution is 5.85. The molecule has 0 radical (unpaired) electrons. The highest BCUT2D eigenvalue weighted by atomic mass is 19.1. The zero-order valence-electron chi connectivity index (χ0n) is 11.3. The van der Waals surface area contributed by atoms with E-state index in [4.69, 9.17) is 4.74 Å². The van der Waals surface area contributed by atoms with Crippen LogP contribution in [0.5, 0.6) is 0 Å². The maximum Gasteiger partial charge on any atom is 0.136 e. The molecule has 0 aliphatic carbocycles. The van der Waals surface area contributed by atoms with Crippen LogP contribution in [0.15, 0.2) is 48.7 Å². The van der Waals surface area contributed by atoms with Crippen LogP contribution in [0.3, 0.4) is 0 Å². The van der Waals surface area contributed by atoms with Crippen molar-refractivity contribution in [2.75, 3.05) is 13.2 Å². The molecule has 2 heterocycles. The van der Waals surface area contributed by atoms with Crippen LogP contribution in [-0.2, 0) is 10.3 Å². The van der Waals surface area contributed by atoms with Gasteiger partial charge in [-0.1, -0.05) is 24.3 Å². The molecule has 0 saturated carbocycles. The number of halogens is 1. The molecule has 2 N–H and O–H groups in total.